The number of nitrogens with zero attached hydrogens (tertiary/aromatic N) is 1. The van der Waals surface area contributed by atoms with Crippen LogP contribution in [0.25, 0.3) is 0 Å². The SMILES string of the molecule is CC1(C)CCCNC1CNC(=O)Cc1ccccn1. The van der Waals surface area contributed by atoms with Crippen molar-refractivity contribution in [2.24, 2.45) is 5.41 Å². The predicted octanol–water partition coefficient (Wildman–Crippen LogP) is 1.52. The van der Waals surface area contributed by atoms with Gasteiger partial charge in [-0.1, -0.05) is 19.9 Å². The number of carbonyl (C=O) groups excluding carboxylic acids is 1. The van der Waals surface area contributed by atoms with E-state index in [0.29, 0.717) is 19.0 Å². The van der Waals surface area contributed by atoms with Gasteiger partial charge in [0.1, 0.15) is 0 Å². The van der Waals surface area contributed by atoms with E-state index in [2.05, 4.69) is 29.5 Å². The summed E-state index contributed by atoms with van der Waals surface area (Å²) in [4.78, 5) is 16.1. The van der Waals surface area contributed by atoms with Crippen LogP contribution in [-0.4, -0.2) is 30.0 Å². The van der Waals surface area contributed by atoms with Gasteiger partial charge in [-0.25, -0.2) is 0 Å². The van der Waals surface area contributed by atoms with Crippen molar-refractivity contribution in [1.82, 2.24) is 15.6 Å². The highest BCUT2D eigenvalue weighted by Crippen LogP contribution is 2.29. The average molecular weight is 261 g/mol. The number of hydrogen-bond acceptors (Lipinski definition) is 3. The van der Waals surface area contributed by atoms with Gasteiger partial charge in [0.05, 0.1) is 6.42 Å². The van der Waals surface area contributed by atoms with Crippen LogP contribution in [0.3, 0.4) is 0 Å². The van der Waals surface area contributed by atoms with Crippen LogP contribution in [0.4, 0.5) is 0 Å². The van der Waals surface area contributed by atoms with Crippen molar-refractivity contribution in [2.45, 2.75) is 39.2 Å². The molecule has 2 N–H and O–H groups in total. The molecule has 1 aliphatic rings. The van der Waals surface area contributed by atoms with E-state index >= 15 is 0 Å². The molecular weight excluding hydrogens is 238 g/mol. The van der Waals surface area contributed by atoms with Crippen molar-refractivity contribution >= 4 is 5.91 Å². The first-order chi connectivity index (χ1) is 9.08. The molecule has 0 aromatic carbocycles. The summed E-state index contributed by atoms with van der Waals surface area (Å²) < 4.78 is 0. The van der Waals surface area contributed by atoms with Gasteiger partial charge in [-0.05, 0) is 36.9 Å². The van der Waals surface area contributed by atoms with E-state index in [1.54, 1.807) is 6.20 Å². The maximum Gasteiger partial charge on any atom is 0.226 e. The van der Waals surface area contributed by atoms with Crippen molar-refractivity contribution in [3.05, 3.63) is 30.1 Å². The minimum absolute atomic E-state index is 0.0434. The first kappa shape index (κ1) is 14.0. The van der Waals surface area contributed by atoms with Gasteiger partial charge in [0.25, 0.3) is 0 Å². The van der Waals surface area contributed by atoms with Crippen LogP contribution in [0.5, 0.6) is 0 Å². The van der Waals surface area contributed by atoms with Gasteiger partial charge < -0.3 is 10.6 Å². The molecule has 104 valence electrons. The molecule has 1 aromatic heterocycles. The van der Waals surface area contributed by atoms with Gasteiger partial charge >= 0.3 is 0 Å². The molecule has 0 radical (unpaired) electrons. The number of hydrogen-bond donors (Lipinski definition) is 2. The third-order valence-corrected chi connectivity index (χ3v) is 3.90. The highest BCUT2D eigenvalue weighted by Gasteiger charge is 2.31. The zero-order chi connectivity index (χ0) is 13.7. The number of carbonyl (C=O) groups is 1. The summed E-state index contributed by atoms with van der Waals surface area (Å²) in [5, 5.41) is 6.51. The molecule has 1 aromatic rings. The summed E-state index contributed by atoms with van der Waals surface area (Å²) >= 11 is 0. The van der Waals surface area contributed by atoms with Crippen molar-refractivity contribution in [1.29, 1.82) is 0 Å². The topological polar surface area (TPSA) is 54.0 Å². The van der Waals surface area contributed by atoms with Crippen LogP contribution in [0.15, 0.2) is 24.4 Å². The maximum atomic E-state index is 11.9. The highest BCUT2D eigenvalue weighted by molar-refractivity contribution is 5.78. The molecule has 1 fully saturated rings. The molecule has 1 saturated heterocycles. The van der Waals surface area contributed by atoms with Crippen LogP contribution >= 0.6 is 0 Å². The molecule has 1 aliphatic heterocycles. The Morgan fingerprint density at radius 3 is 3.05 bits per heavy atom. The molecule has 4 heteroatoms. The average Bonchev–Trinajstić information content (AvgIpc) is 2.38. The number of rotatable bonds is 4. The Bertz CT molecular complexity index is 417. The van der Waals surface area contributed by atoms with Crippen molar-refractivity contribution in [2.75, 3.05) is 13.1 Å². The summed E-state index contributed by atoms with van der Waals surface area (Å²) in [5.74, 6) is 0.0434. The molecule has 0 aliphatic carbocycles. The molecular formula is C15H23N3O. The van der Waals surface area contributed by atoms with Crippen LogP contribution < -0.4 is 10.6 Å². The molecule has 0 spiro atoms. The van der Waals surface area contributed by atoms with Gasteiger partial charge in [0.15, 0.2) is 0 Å². The number of pyridine rings is 1. The fourth-order valence-corrected chi connectivity index (χ4v) is 2.56. The van der Waals surface area contributed by atoms with Crippen LogP contribution in [-0.2, 0) is 11.2 Å². The second-order valence-corrected chi connectivity index (χ2v) is 5.90. The van der Waals surface area contributed by atoms with E-state index < -0.39 is 0 Å². The summed E-state index contributed by atoms with van der Waals surface area (Å²) in [7, 11) is 0. The monoisotopic (exact) mass is 261 g/mol. The second kappa shape index (κ2) is 6.15. The number of amides is 1. The lowest BCUT2D eigenvalue weighted by Gasteiger charge is -2.39. The third kappa shape index (κ3) is 4.03. The first-order valence-corrected chi connectivity index (χ1v) is 6.98. The maximum absolute atomic E-state index is 11.9. The fraction of sp³-hybridized carbons (Fsp3) is 0.600. The van der Waals surface area contributed by atoms with E-state index in [4.69, 9.17) is 0 Å². The Balaban J connectivity index is 1.80. The molecule has 1 unspecified atom stereocenters. The third-order valence-electron chi connectivity index (χ3n) is 3.90. The zero-order valence-electron chi connectivity index (χ0n) is 11.8. The van der Waals surface area contributed by atoms with Gasteiger partial charge in [-0.3, -0.25) is 9.78 Å². The van der Waals surface area contributed by atoms with Crippen LogP contribution in [0.2, 0.25) is 0 Å². The molecule has 0 bridgehead atoms. The molecule has 1 atom stereocenters. The molecule has 2 heterocycles. The van der Waals surface area contributed by atoms with E-state index in [0.717, 1.165) is 12.2 Å². The lowest BCUT2D eigenvalue weighted by molar-refractivity contribution is -0.120. The standard InChI is InChI=1S/C15H23N3O/c1-15(2)7-5-9-17-13(15)11-18-14(19)10-12-6-3-4-8-16-12/h3-4,6,8,13,17H,5,7,9-11H2,1-2H3,(H,18,19). The Labute approximate surface area is 115 Å². The van der Waals surface area contributed by atoms with E-state index in [9.17, 15) is 4.79 Å². The van der Waals surface area contributed by atoms with Gasteiger partial charge in [0.2, 0.25) is 5.91 Å². The Hall–Kier alpha value is -1.42. The molecule has 4 nitrogen and oxygen atoms in total. The molecule has 1 amide bonds. The van der Waals surface area contributed by atoms with E-state index in [1.807, 2.05) is 18.2 Å². The molecule has 2 rings (SSSR count). The highest BCUT2D eigenvalue weighted by atomic mass is 16.1. The van der Waals surface area contributed by atoms with E-state index in [1.165, 1.54) is 12.8 Å². The number of nitrogens with one attached hydrogen (secondary N) is 2. The van der Waals surface area contributed by atoms with Crippen LogP contribution in [0, 0.1) is 5.41 Å². The Kier molecular flexibility index (Phi) is 4.53. The van der Waals surface area contributed by atoms with Crippen LogP contribution in [0.1, 0.15) is 32.4 Å². The van der Waals surface area contributed by atoms with Gasteiger partial charge in [0, 0.05) is 24.5 Å². The van der Waals surface area contributed by atoms with Crippen molar-refractivity contribution in [3.8, 4) is 0 Å². The van der Waals surface area contributed by atoms with Gasteiger partial charge in [-0.2, -0.15) is 0 Å². The second-order valence-electron chi connectivity index (χ2n) is 5.90. The lowest BCUT2D eigenvalue weighted by Crippen LogP contribution is -2.53. The molecule has 0 saturated carbocycles. The first-order valence-electron chi connectivity index (χ1n) is 6.98. The number of aromatic nitrogens is 1. The predicted molar refractivity (Wildman–Crippen MR) is 75.8 cm³/mol. The van der Waals surface area contributed by atoms with E-state index in [-0.39, 0.29) is 11.3 Å². The van der Waals surface area contributed by atoms with Crippen molar-refractivity contribution < 1.29 is 4.79 Å². The van der Waals surface area contributed by atoms with Gasteiger partial charge in [-0.15, -0.1) is 0 Å². The summed E-state index contributed by atoms with van der Waals surface area (Å²) in [6.07, 6.45) is 4.49. The number of piperidine rings is 1. The minimum atomic E-state index is 0.0434. The summed E-state index contributed by atoms with van der Waals surface area (Å²) in [6, 6.07) is 5.99. The smallest absolute Gasteiger partial charge is 0.226 e. The quantitative estimate of drug-likeness (QED) is 0.864. The zero-order valence-corrected chi connectivity index (χ0v) is 11.8. The Morgan fingerprint density at radius 2 is 2.37 bits per heavy atom. The fourth-order valence-electron chi connectivity index (χ4n) is 2.56. The van der Waals surface area contributed by atoms with Crippen molar-refractivity contribution in [3.63, 3.8) is 0 Å². The summed E-state index contributed by atoms with van der Waals surface area (Å²) in [6.45, 7) is 6.26. The minimum Gasteiger partial charge on any atom is -0.354 e. The largest absolute Gasteiger partial charge is 0.354 e. The molecule has 19 heavy (non-hydrogen) atoms. The normalized spacial score (nSPS) is 21.9. The summed E-state index contributed by atoms with van der Waals surface area (Å²) in [5.41, 5.74) is 1.06. The lowest BCUT2D eigenvalue weighted by atomic mass is 9.77. The Morgan fingerprint density at radius 1 is 1.53 bits per heavy atom.